The highest BCUT2D eigenvalue weighted by Gasteiger charge is 2.33. The van der Waals surface area contributed by atoms with Crippen molar-refractivity contribution in [1.82, 2.24) is 15.1 Å². The van der Waals surface area contributed by atoms with Crippen molar-refractivity contribution in [3.8, 4) is 0 Å². The normalized spacial score (nSPS) is 28.4. The molecule has 0 bridgehead atoms. The second-order valence-corrected chi connectivity index (χ2v) is 6.28. The van der Waals surface area contributed by atoms with Crippen LogP contribution in [0.2, 0.25) is 0 Å². The molecule has 108 valence electrons. The van der Waals surface area contributed by atoms with E-state index < -0.39 is 0 Å². The topological polar surface area (TPSA) is 18.5 Å². The number of nitrogens with zero attached hydrogens (tertiary/aromatic N) is 2. The van der Waals surface area contributed by atoms with Gasteiger partial charge in [-0.05, 0) is 36.1 Å². The Hall–Kier alpha value is -0.970. The quantitative estimate of drug-likeness (QED) is 0.880. The van der Waals surface area contributed by atoms with E-state index in [1.807, 2.05) is 6.07 Å². The third kappa shape index (κ3) is 2.16. The summed E-state index contributed by atoms with van der Waals surface area (Å²) in [6.45, 7) is 6.98. The van der Waals surface area contributed by atoms with Gasteiger partial charge in [-0.2, -0.15) is 0 Å². The number of hydrogen-bond acceptors (Lipinski definition) is 3. The Kier molecular flexibility index (Phi) is 3.25. The zero-order valence-corrected chi connectivity index (χ0v) is 11.8. The van der Waals surface area contributed by atoms with Crippen LogP contribution in [0.4, 0.5) is 4.39 Å². The summed E-state index contributed by atoms with van der Waals surface area (Å²) in [6, 6.07) is 6.64. The fraction of sp³-hybridized carbons (Fsp3) is 0.625. The largest absolute Gasteiger partial charge is 0.314 e. The molecule has 2 saturated heterocycles. The van der Waals surface area contributed by atoms with Crippen LogP contribution in [0.15, 0.2) is 18.2 Å². The lowest BCUT2D eigenvalue weighted by Crippen LogP contribution is -2.61. The Morgan fingerprint density at radius 3 is 2.50 bits per heavy atom. The molecule has 0 saturated carbocycles. The van der Waals surface area contributed by atoms with Gasteiger partial charge < -0.3 is 5.32 Å². The molecule has 4 rings (SSSR count). The molecule has 2 aliphatic heterocycles. The molecule has 0 spiro atoms. The summed E-state index contributed by atoms with van der Waals surface area (Å²) < 4.78 is 13.3. The number of benzene rings is 1. The van der Waals surface area contributed by atoms with Gasteiger partial charge in [-0.1, -0.05) is 6.07 Å². The molecule has 1 aliphatic carbocycles. The molecule has 0 radical (unpaired) electrons. The lowest BCUT2D eigenvalue weighted by molar-refractivity contribution is 0.0515. The van der Waals surface area contributed by atoms with E-state index in [9.17, 15) is 4.39 Å². The van der Waals surface area contributed by atoms with E-state index in [-0.39, 0.29) is 5.82 Å². The van der Waals surface area contributed by atoms with Gasteiger partial charge >= 0.3 is 0 Å². The standard InChI is InChI=1S/C16H22FN3/c17-13-2-3-15-12(9-13)1-4-16(15)20-7-5-19(6-8-20)14-10-18-11-14/h2-3,9,14,16,18H,1,4-8,10-11H2. The van der Waals surface area contributed by atoms with Gasteiger partial charge in [0.15, 0.2) is 0 Å². The molecule has 0 amide bonds. The highest BCUT2D eigenvalue weighted by atomic mass is 19.1. The monoisotopic (exact) mass is 275 g/mol. The molecule has 1 aromatic rings. The first-order valence-electron chi connectivity index (χ1n) is 7.78. The third-order valence-corrected chi connectivity index (χ3v) is 5.22. The van der Waals surface area contributed by atoms with Crippen LogP contribution in [0.1, 0.15) is 23.6 Å². The second kappa shape index (κ2) is 5.10. The zero-order chi connectivity index (χ0) is 13.5. The molecule has 1 N–H and O–H groups in total. The maximum atomic E-state index is 13.3. The second-order valence-electron chi connectivity index (χ2n) is 6.28. The molecule has 4 heteroatoms. The molecule has 1 aromatic carbocycles. The van der Waals surface area contributed by atoms with Crippen LogP contribution in [-0.4, -0.2) is 55.1 Å². The predicted octanol–water partition coefficient (Wildman–Crippen LogP) is 1.40. The first-order chi connectivity index (χ1) is 9.81. The molecule has 3 nitrogen and oxygen atoms in total. The van der Waals surface area contributed by atoms with E-state index >= 15 is 0 Å². The van der Waals surface area contributed by atoms with Gasteiger partial charge in [0, 0.05) is 51.4 Å². The maximum Gasteiger partial charge on any atom is 0.123 e. The Morgan fingerprint density at radius 2 is 1.80 bits per heavy atom. The van der Waals surface area contributed by atoms with E-state index in [0.717, 1.165) is 45.1 Å². The fourth-order valence-corrected chi connectivity index (χ4v) is 3.89. The van der Waals surface area contributed by atoms with E-state index in [1.54, 1.807) is 12.1 Å². The predicted molar refractivity (Wildman–Crippen MR) is 77.3 cm³/mol. The van der Waals surface area contributed by atoms with Gasteiger partial charge in [0.2, 0.25) is 0 Å². The molecular weight excluding hydrogens is 253 g/mol. The fourth-order valence-electron chi connectivity index (χ4n) is 3.89. The molecule has 1 atom stereocenters. The number of hydrogen-bond donors (Lipinski definition) is 1. The number of rotatable bonds is 2. The van der Waals surface area contributed by atoms with E-state index in [0.29, 0.717) is 6.04 Å². The van der Waals surface area contributed by atoms with Crippen molar-refractivity contribution in [2.75, 3.05) is 39.3 Å². The molecular formula is C16H22FN3. The number of aryl methyl sites for hydroxylation is 1. The van der Waals surface area contributed by atoms with Crippen LogP contribution < -0.4 is 5.32 Å². The number of nitrogens with one attached hydrogen (secondary N) is 1. The van der Waals surface area contributed by atoms with Crippen molar-refractivity contribution in [1.29, 1.82) is 0 Å². The Bertz CT molecular complexity index is 492. The Balaban J connectivity index is 1.43. The van der Waals surface area contributed by atoms with Gasteiger partial charge in [-0.15, -0.1) is 0 Å². The minimum Gasteiger partial charge on any atom is -0.314 e. The summed E-state index contributed by atoms with van der Waals surface area (Å²) in [7, 11) is 0. The molecule has 3 aliphatic rings. The molecule has 0 aromatic heterocycles. The lowest BCUT2D eigenvalue weighted by atomic mass is 10.0. The van der Waals surface area contributed by atoms with E-state index in [2.05, 4.69) is 15.1 Å². The molecule has 20 heavy (non-hydrogen) atoms. The SMILES string of the molecule is Fc1ccc2c(c1)CCC2N1CCN(C2CNC2)CC1. The minimum absolute atomic E-state index is 0.0910. The third-order valence-electron chi connectivity index (χ3n) is 5.22. The van der Waals surface area contributed by atoms with Gasteiger partial charge in [0.1, 0.15) is 5.82 Å². The summed E-state index contributed by atoms with van der Waals surface area (Å²) in [6.07, 6.45) is 2.19. The molecule has 1 unspecified atom stereocenters. The van der Waals surface area contributed by atoms with E-state index in [1.165, 1.54) is 24.2 Å². The van der Waals surface area contributed by atoms with E-state index in [4.69, 9.17) is 0 Å². The van der Waals surface area contributed by atoms with Crippen LogP contribution in [-0.2, 0) is 6.42 Å². The summed E-state index contributed by atoms with van der Waals surface area (Å²) in [5.41, 5.74) is 2.59. The van der Waals surface area contributed by atoms with Gasteiger partial charge in [0.05, 0.1) is 0 Å². The van der Waals surface area contributed by atoms with Crippen molar-refractivity contribution < 1.29 is 4.39 Å². The van der Waals surface area contributed by atoms with Crippen LogP contribution in [0, 0.1) is 5.82 Å². The van der Waals surface area contributed by atoms with Crippen molar-refractivity contribution in [2.45, 2.75) is 24.9 Å². The number of halogens is 1. The highest BCUT2D eigenvalue weighted by Crippen LogP contribution is 2.36. The highest BCUT2D eigenvalue weighted by molar-refractivity contribution is 5.35. The van der Waals surface area contributed by atoms with Gasteiger partial charge in [-0.25, -0.2) is 4.39 Å². The average Bonchev–Trinajstić information content (AvgIpc) is 2.80. The number of fused-ring (bicyclic) bond motifs is 1. The van der Waals surface area contributed by atoms with Gasteiger partial charge in [-0.3, -0.25) is 9.80 Å². The van der Waals surface area contributed by atoms with Crippen molar-refractivity contribution in [3.63, 3.8) is 0 Å². The summed E-state index contributed by atoms with van der Waals surface area (Å²) in [5, 5.41) is 3.35. The summed E-state index contributed by atoms with van der Waals surface area (Å²) >= 11 is 0. The van der Waals surface area contributed by atoms with Crippen LogP contribution in [0.3, 0.4) is 0 Å². The van der Waals surface area contributed by atoms with Gasteiger partial charge in [0.25, 0.3) is 0 Å². The Morgan fingerprint density at radius 1 is 1.05 bits per heavy atom. The van der Waals surface area contributed by atoms with Crippen LogP contribution in [0.5, 0.6) is 0 Å². The molecule has 2 fully saturated rings. The van der Waals surface area contributed by atoms with Crippen LogP contribution in [0.25, 0.3) is 0 Å². The Labute approximate surface area is 119 Å². The number of piperazine rings is 1. The first kappa shape index (κ1) is 12.7. The summed E-state index contributed by atoms with van der Waals surface area (Å²) in [4.78, 5) is 5.22. The average molecular weight is 275 g/mol. The maximum absolute atomic E-state index is 13.3. The summed E-state index contributed by atoms with van der Waals surface area (Å²) in [5.74, 6) is -0.0910. The zero-order valence-electron chi connectivity index (χ0n) is 11.8. The smallest absolute Gasteiger partial charge is 0.123 e. The lowest BCUT2D eigenvalue weighted by Gasteiger charge is -2.44. The van der Waals surface area contributed by atoms with Crippen LogP contribution >= 0.6 is 0 Å². The minimum atomic E-state index is -0.0910. The van der Waals surface area contributed by atoms with Crippen molar-refractivity contribution in [3.05, 3.63) is 35.1 Å². The first-order valence-corrected chi connectivity index (χ1v) is 7.78. The molecule has 2 heterocycles. The van der Waals surface area contributed by atoms with Crippen molar-refractivity contribution in [2.24, 2.45) is 0 Å². The van der Waals surface area contributed by atoms with Crippen molar-refractivity contribution >= 4 is 0 Å².